The van der Waals surface area contributed by atoms with E-state index >= 15 is 0 Å². The summed E-state index contributed by atoms with van der Waals surface area (Å²) < 4.78 is 10.9. The zero-order valence-corrected chi connectivity index (χ0v) is 11.6. The summed E-state index contributed by atoms with van der Waals surface area (Å²) in [4.78, 5) is 14.4. The second-order valence-corrected chi connectivity index (χ2v) is 5.25. The van der Waals surface area contributed by atoms with Gasteiger partial charge < -0.3 is 14.4 Å². The van der Waals surface area contributed by atoms with Crippen LogP contribution in [0.2, 0.25) is 0 Å². The maximum atomic E-state index is 12.6. The molecule has 2 aliphatic rings. The lowest BCUT2D eigenvalue weighted by atomic mass is 9.80. The molecule has 2 heterocycles. The van der Waals surface area contributed by atoms with E-state index in [9.17, 15) is 10.1 Å². The molecule has 0 unspecified atom stereocenters. The van der Waals surface area contributed by atoms with Gasteiger partial charge in [-0.15, -0.1) is 0 Å². The molecule has 0 N–H and O–H groups in total. The molecular formula is C14H22N2O3. The quantitative estimate of drug-likeness (QED) is 0.773. The number of carbonyl (C=O) groups is 1. The average Bonchev–Trinajstić information content (AvgIpc) is 2.48. The average molecular weight is 266 g/mol. The van der Waals surface area contributed by atoms with Crippen molar-refractivity contribution in [3.8, 4) is 6.07 Å². The van der Waals surface area contributed by atoms with Gasteiger partial charge in [0.15, 0.2) is 0 Å². The highest BCUT2D eigenvalue weighted by atomic mass is 16.5. The number of rotatable bonds is 3. The maximum Gasteiger partial charge on any atom is 0.243 e. The van der Waals surface area contributed by atoms with Gasteiger partial charge in [-0.1, -0.05) is 0 Å². The van der Waals surface area contributed by atoms with Gasteiger partial charge in [-0.2, -0.15) is 5.26 Å². The van der Waals surface area contributed by atoms with Crippen LogP contribution in [0, 0.1) is 16.7 Å². The van der Waals surface area contributed by atoms with E-state index in [1.54, 1.807) is 0 Å². The summed E-state index contributed by atoms with van der Waals surface area (Å²) in [6, 6.07) is 2.25. The number of carbonyl (C=O) groups excluding carboxylic acids is 1. The SMILES string of the molecule is CCOC1CCN(C(=O)C2(C#N)CCOCC2)CC1. The van der Waals surface area contributed by atoms with Crippen LogP contribution < -0.4 is 0 Å². The highest BCUT2D eigenvalue weighted by Gasteiger charge is 2.43. The van der Waals surface area contributed by atoms with E-state index in [0.29, 0.717) is 39.1 Å². The highest BCUT2D eigenvalue weighted by Crippen LogP contribution is 2.33. The molecule has 0 saturated carbocycles. The molecule has 5 nitrogen and oxygen atoms in total. The number of hydrogen-bond donors (Lipinski definition) is 0. The van der Waals surface area contributed by atoms with Gasteiger partial charge in [0, 0.05) is 32.9 Å². The Bertz CT molecular complexity index is 350. The van der Waals surface area contributed by atoms with Crippen LogP contribution in [0.4, 0.5) is 0 Å². The van der Waals surface area contributed by atoms with Gasteiger partial charge in [0.1, 0.15) is 5.41 Å². The van der Waals surface area contributed by atoms with Crippen LogP contribution in [0.25, 0.3) is 0 Å². The number of likely N-dealkylation sites (tertiary alicyclic amines) is 1. The van der Waals surface area contributed by atoms with E-state index in [0.717, 1.165) is 19.4 Å². The van der Waals surface area contributed by atoms with E-state index < -0.39 is 5.41 Å². The van der Waals surface area contributed by atoms with Crippen molar-refractivity contribution in [1.29, 1.82) is 5.26 Å². The molecule has 0 aromatic heterocycles. The predicted molar refractivity (Wildman–Crippen MR) is 69.3 cm³/mol. The third kappa shape index (κ3) is 3.07. The number of hydrogen-bond acceptors (Lipinski definition) is 4. The van der Waals surface area contributed by atoms with Gasteiger partial charge in [0.25, 0.3) is 0 Å². The van der Waals surface area contributed by atoms with Gasteiger partial charge in [-0.05, 0) is 32.6 Å². The minimum absolute atomic E-state index is 0.00625. The molecule has 106 valence electrons. The van der Waals surface area contributed by atoms with Crippen LogP contribution in [0.5, 0.6) is 0 Å². The molecule has 2 saturated heterocycles. The summed E-state index contributed by atoms with van der Waals surface area (Å²) in [5.41, 5.74) is -0.850. The van der Waals surface area contributed by atoms with E-state index in [1.165, 1.54) is 0 Å². The summed E-state index contributed by atoms with van der Waals surface area (Å²) >= 11 is 0. The number of nitrogens with zero attached hydrogens (tertiary/aromatic N) is 2. The summed E-state index contributed by atoms with van der Waals surface area (Å²) in [7, 11) is 0. The second kappa shape index (κ2) is 6.36. The summed E-state index contributed by atoms with van der Waals surface area (Å²) in [6.07, 6.45) is 3.05. The Kier molecular flexibility index (Phi) is 4.78. The van der Waals surface area contributed by atoms with E-state index in [4.69, 9.17) is 9.47 Å². The molecule has 5 heteroatoms. The predicted octanol–water partition coefficient (Wildman–Crippen LogP) is 1.33. The number of nitriles is 1. The van der Waals surface area contributed by atoms with E-state index in [1.807, 2.05) is 11.8 Å². The van der Waals surface area contributed by atoms with Gasteiger partial charge in [0.05, 0.1) is 12.2 Å². The van der Waals surface area contributed by atoms with Gasteiger partial charge in [0.2, 0.25) is 5.91 Å². The monoisotopic (exact) mass is 266 g/mol. The molecule has 0 aliphatic carbocycles. The van der Waals surface area contributed by atoms with Crippen molar-refractivity contribution in [2.24, 2.45) is 5.41 Å². The number of piperidine rings is 1. The molecule has 2 fully saturated rings. The van der Waals surface area contributed by atoms with Crippen molar-refractivity contribution >= 4 is 5.91 Å². The maximum absolute atomic E-state index is 12.6. The topological polar surface area (TPSA) is 62.6 Å². The summed E-state index contributed by atoms with van der Waals surface area (Å²) in [5, 5.41) is 9.40. The molecule has 0 bridgehead atoms. The van der Waals surface area contributed by atoms with Crippen molar-refractivity contribution in [2.45, 2.75) is 38.7 Å². The van der Waals surface area contributed by atoms with Crippen LogP contribution in [-0.4, -0.2) is 49.8 Å². The Morgan fingerprint density at radius 3 is 2.58 bits per heavy atom. The molecular weight excluding hydrogens is 244 g/mol. The van der Waals surface area contributed by atoms with Crippen molar-refractivity contribution in [1.82, 2.24) is 4.90 Å². The smallest absolute Gasteiger partial charge is 0.243 e. The van der Waals surface area contributed by atoms with Crippen molar-refractivity contribution in [3.05, 3.63) is 0 Å². The minimum atomic E-state index is -0.850. The lowest BCUT2D eigenvalue weighted by molar-refractivity contribution is -0.146. The summed E-state index contributed by atoms with van der Waals surface area (Å²) in [6.45, 7) is 5.13. The zero-order chi connectivity index (χ0) is 13.7. The Hall–Kier alpha value is -1.12. The molecule has 0 aromatic rings. The Balaban J connectivity index is 1.95. The molecule has 19 heavy (non-hydrogen) atoms. The standard InChI is InChI=1S/C14H22N2O3/c1-2-19-12-3-7-16(8-4-12)13(17)14(11-15)5-9-18-10-6-14/h12H,2-10H2,1H3. The van der Waals surface area contributed by atoms with Crippen LogP contribution in [0.1, 0.15) is 32.6 Å². The minimum Gasteiger partial charge on any atom is -0.381 e. The Morgan fingerprint density at radius 2 is 2.05 bits per heavy atom. The first-order valence-electron chi connectivity index (χ1n) is 7.12. The first-order valence-corrected chi connectivity index (χ1v) is 7.12. The van der Waals surface area contributed by atoms with E-state index in [2.05, 4.69) is 6.07 Å². The first kappa shape index (κ1) is 14.3. The molecule has 2 aliphatic heterocycles. The van der Waals surface area contributed by atoms with Crippen LogP contribution >= 0.6 is 0 Å². The highest BCUT2D eigenvalue weighted by molar-refractivity contribution is 5.85. The molecule has 2 rings (SSSR count). The van der Waals surface area contributed by atoms with Gasteiger partial charge >= 0.3 is 0 Å². The second-order valence-electron chi connectivity index (χ2n) is 5.25. The summed E-state index contributed by atoms with van der Waals surface area (Å²) in [5.74, 6) is -0.00625. The van der Waals surface area contributed by atoms with Gasteiger partial charge in [-0.25, -0.2) is 0 Å². The number of ether oxygens (including phenoxy) is 2. The number of amides is 1. The third-order valence-electron chi connectivity index (χ3n) is 4.10. The molecule has 0 radical (unpaired) electrons. The van der Waals surface area contributed by atoms with Crippen LogP contribution in [-0.2, 0) is 14.3 Å². The lowest BCUT2D eigenvalue weighted by Gasteiger charge is -2.38. The van der Waals surface area contributed by atoms with Crippen LogP contribution in [0.15, 0.2) is 0 Å². The zero-order valence-electron chi connectivity index (χ0n) is 11.6. The Labute approximate surface area is 114 Å². The van der Waals surface area contributed by atoms with E-state index in [-0.39, 0.29) is 12.0 Å². The molecule has 0 aromatic carbocycles. The third-order valence-corrected chi connectivity index (χ3v) is 4.10. The lowest BCUT2D eigenvalue weighted by Crippen LogP contribution is -2.49. The normalized spacial score (nSPS) is 23.9. The van der Waals surface area contributed by atoms with Crippen molar-refractivity contribution < 1.29 is 14.3 Å². The molecule has 1 amide bonds. The fourth-order valence-corrected chi connectivity index (χ4v) is 2.86. The van der Waals surface area contributed by atoms with Crippen LogP contribution in [0.3, 0.4) is 0 Å². The fraction of sp³-hybridized carbons (Fsp3) is 0.857. The van der Waals surface area contributed by atoms with Crippen molar-refractivity contribution in [3.63, 3.8) is 0 Å². The van der Waals surface area contributed by atoms with Gasteiger partial charge in [-0.3, -0.25) is 4.79 Å². The van der Waals surface area contributed by atoms with Crippen molar-refractivity contribution in [2.75, 3.05) is 32.9 Å². The fourth-order valence-electron chi connectivity index (χ4n) is 2.86. The molecule has 0 atom stereocenters. The molecule has 0 spiro atoms. The largest absolute Gasteiger partial charge is 0.381 e. The Morgan fingerprint density at radius 1 is 1.42 bits per heavy atom. The first-order chi connectivity index (χ1) is 9.22.